The van der Waals surface area contributed by atoms with Crippen molar-refractivity contribution >= 4 is 23.7 Å². The normalized spacial score (nSPS) is 15.9. The average Bonchev–Trinajstić information content (AvgIpc) is 2.72. The van der Waals surface area contributed by atoms with E-state index in [1.54, 1.807) is 6.92 Å². The Labute approximate surface area is 178 Å². The molecule has 0 aliphatic carbocycles. The zero-order chi connectivity index (χ0) is 23.3. The first kappa shape index (κ1) is 27.8. The molecule has 0 aromatic heterocycles. The van der Waals surface area contributed by atoms with E-state index in [-0.39, 0.29) is 24.8 Å². The highest BCUT2D eigenvalue weighted by molar-refractivity contribution is 5.92. The summed E-state index contributed by atoms with van der Waals surface area (Å²) in [5.74, 6) is -2.95. The van der Waals surface area contributed by atoms with Gasteiger partial charge in [0.2, 0.25) is 17.7 Å². The third kappa shape index (κ3) is 10.0. The second-order valence-electron chi connectivity index (χ2n) is 7.74. The highest BCUT2D eigenvalue weighted by Gasteiger charge is 2.30. The molecule has 0 spiro atoms. The fraction of sp³-hybridized carbons (Fsp3) is 0.800. The molecule has 0 aliphatic heterocycles. The SMILES string of the molecule is CCC(C)C(N)C(=O)NCC(=O)NC(C(=O)NC(CCCCN)C(=O)O)C(C)CC. The Bertz CT molecular complexity index is 572. The molecule has 0 bridgehead atoms. The molecule has 0 heterocycles. The van der Waals surface area contributed by atoms with Crippen LogP contribution in [0.2, 0.25) is 0 Å². The van der Waals surface area contributed by atoms with Crippen molar-refractivity contribution in [3.05, 3.63) is 0 Å². The smallest absolute Gasteiger partial charge is 0.326 e. The lowest BCUT2D eigenvalue weighted by Crippen LogP contribution is -2.56. The molecule has 0 fully saturated rings. The van der Waals surface area contributed by atoms with Crippen LogP contribution in [0, 0.1) is 11.8 Å². The van der Waals surface area contributed by atoms with Crippen LogP contribution in [0.5, 0.6) is 0 Å². The number of carbonyl (C=O) groups excluding carboxylic acids is 3. The minimum absolute atomic E-state index is 0.0288. The summed E-state index contributed by atoms with van der Waals surface area (Å²) >= 11 is 0. The first-order chi connectivity index (χ1) is 14.1. The van der Waals surface area contributed by atoms with Crippen LogP contribution < -0.4 is 27.4 Å². The lowest BCUT2D eigenvalue weighted by atomic mass is 9.97. The van der Waals surface area contributed by atoms with Crippen LogP contribution in [-0.2, 0) is 19.2 Å². The average molecular weight is 430 g/mol. The molecule has 10 heteroatoms. The summed E-state index contributed by atoms with van der Waals surface area (Å²) in [5.41, 5.74) is 11.3. The minimum atomic E-state index is -1.14. The molecule has 0 aromatic rings. The summed E-state index contributed by atoms with van der Waals surface area (Å²) < 4.78 is 0. The lowest BCUT2D eigenvalue weighted by Gasteiger charge is -2.26. The quantitative estimate of drug-likeness (QED) is 0.194. The van der Waals surface area contributed by atoms with E-state index in [9.17, 15) is 24.3 Å². The van der Waals surface area contributed by atoms with Crippen molar-refractivity contribution in [1.29, 1.82) is 0 Å². The highest BCUT2D eigenvalue weighted by Crippen LogP contribution is 2.10. The molecular formula is C20H39N5O5. The van der Waals surface area contributed by atoms with Gasteiger partial charge in [0.15, 0.2) is 0 Å². The number of rotatable bonds is 15. The predicted molar refractivity (Wildman–Crippen MR) is 114 cm³/mol. The largest absolute Gasteiger partial charge is 0.480 e. The molecule has 5 unspecified atom stereocenters. The van der Waals surface area contributed by atoms with Gasteiger partial charge in [-0.3, -0.25) is 14.4 Å². The molecule has 3 amide bonds. The van der Waals surface area contributed by atoms with Gasteiger partial charge in [-0.1, -0.05) is 40.5 Å². The molecule has 8 N–H and O–H groups in total. The van der Waals surface area contributed by atoms with E-state index < -0.39 is 41.8 Å². The van der Waals surface area contributed by atoms with Gasteiger partial charge in [0, 0.05) is 0 Å². The number of amides is 3. The number of carboxylic acid groups (broad SMARTS) is 1. The van der Waals surface area contributed by atoms with Crippen LogP contribution in [0.4, 0.5) is 0 Å². The third-order valence-corrected chi connectivity index (χ3v) is 5.36. The van der Waals surface area contributed by atoms with Crippen LogP contribution in [0.15, 0.2) is 0 Å². The molecule has 0 aromatic carbocycles. The van der Waals surface area contributed by atoms with Crippen molar-refractivity contribution in [2.75, 3.05) is 13.1 Å². The zero-order valence-electron chi connectivity index (χ0n) is 18.6. The number of carboxylic acids is 1. The number of nitrogens with one attached hydrogen (secondary N) is 3. The molecule has 10 nitrogen and oxygen atoms in total. The van der Waals surface area contributed by atoms with E-state index in [0.29, 0.717) is 25.8 Å². The minimum Gasteiger partial charge on any atom is -0.480 e. The van der Waals surface area contributed by atoms with Crippen molar-refractivity contribution < 1.29 is 24.3 Å². The van der Waals surface area contributed by atoms with E-state index >= 15 is 0 Å². The summed E-state index contributed by atoms with van der Waals surface area (Å²) in [6, 6.07) is -2.69. The number of carbonyl (C=O) groups is 4. The van der Waals surface area contributed by atoms with Gasteiger partial charge >= 0.3 is 5.97 Å². The van der Waals surface area contributed by atoms with Gasteiger partial charge in [-0.2, -0.15) is 0 Å². The Hall–Kier alpha value is -2.20. The molecule has 0 rings (SSSR count). The van der Waals surface area contributed by atoms with Gasteiger partial charge in [-0.25, -0.2) is 4.79 Å². The van der Waals surface area contributed by atoms with E-state index in [0.717, 1.165) is 6.42 Å². The van der Waals surface area contributed by atoms with Crippen LogP contribution >= 0.6 is 0 Å². The summed E-state index contributed by atoms with van der Waals surface area (Å²) in [7, 11) is 0. The Morgan fingerprint density at radius 3 is 2.03 bits per heavy atom. The fourth-order valence-electron chi connectivity index (χ4n) is 2.74. The number of nitrogens with two attached hydrogens (primary N) is 2. The van der Waals surface area contributed by atoms with Gasteiger partial charge < -0.3 is 32.5 Å². The molecule has 0 aliphatic rings. The third-order valence-electron chi connectivity index (χ3n) is 5.36. The molecular weight excluding hydrogens is 390 g/mol. The van der Waals surface area contributed by atoms with E-state index in [4.69, 9.17) is 11.5 Å². The van der Waals surface area contributed by atoms with Crippen molar-refractivity contribution in [3.8, 4) is 0 Å². The summed E-state index contributed by atoms with van der Waals surface area (Å²) in [6.07, 6.45) is 2.80. The van der Waals surface area contributed by atoms with Crippen LogP contribution in [0.25, 0.3) is 0 Å². The van der Waals surface area contributed by atoms with Gasteiger partial charge in [-0.15, -0.1) is 0 Å². The predicted octanol–water partition coefficient (Wildman–Crippen LogP) is -0.295. The van der Waals surface area contributed by atoms with Gasteiger partial charge in [0.05, 0.1) is 12.6 Å². The Balaban J connectivity index is 4.94. The number of unbranched alkanes of at least 4 members (excludes halogenated alkanes) is 1. The number of hydrogen-bond acceptors (Lipinski definition) is 6. The Kier molecular flexibility index (Phi) is 13.7. The highest BCUT2D eigenvalue weighted by atomic mass is 16.4. The van der Waals surface area contributed by atoms with E-state index in [1.165, 1.54) is 0 Å². The first-order valence-electron chi connectivity index (χ1n) is 10.6. The molecule has 5 atom stereocenters. The monoisotopic (exact) mass is 429 g/mol. The maximum absolute atomic E-state index is 12.7. The molecule has 0 saturated heterocycles. The second-order valence-corrected chi connectivity index (χ2v) is 7.74. The Morgan fingerprint density at radius 2 is 1.53 bits per heavy atom. The van der Waals surface area contributed by atoms with Gasteiger partial charge in [-0.05, 0) is 37.6 Å². The first-order valence-corrected chi connectivity index (χ1v) is 10.6. The topological polar surface area (TPSA) is 177 Å². The maximum atomic E-state index is 12.7. The zero-order valence-corrected chi connectivity index (χ0v) is 18.6. The van der Waals surface area contributed by atoms with Crippen LogP contribution in [0.3, 0.4) is 0 Å². The number of hydrogen-bond donors (Lipinski definition) is 6. The van der Waals surface area contributed by atoms with Crippen molar-refractivity contribution in [1.82, 2.24) is 16.0 Å². The standard InChI is InChI=1S/C20H39N5O5/c1-5-12(3)16(22)18(27)23-11-15(26)25-17(13(4)6-2)19(28)24-14(20(29)30)9-7-8-10-21/h12-14,16-17H,5-11,21-22H2,1-4H3,(H,23,27)(H,24,28)(H,25,26)(H,29,30). The van der Waals surface area contributed by atoms with E-state index in [2.05, 4.69) is 16.0 Å². The lowest BCUT2D eigenvalue weighted by molar-refractivity contribution is -0.142. The van der Waals surface area contributed by atoms with Crippen molar-refractivity contribution in [2.45, 2.75) is 77.9 Å². The molecule has 0 radical (unpaired) electrons. The second kappa shape index (κ2) is 14.7. The summed E-state index contributed by atoms with van der Waals surface area (Å²) in [5, 5.41) is 16.9. The molecule has 30 heavy (non-hydrogen) atoms. The van der Waals surface area contributed by atoms with Crippen molar-refractivity contribution in [3.63, 3.8) is 0 Å². The van der Waals surface area contributed by atoms with Crippen molar-refractivity contribution in [2.24, 2.45) is 23.3 Å². The number of aliphatic carboxylic acids is 1. The van der Waals surface area contributed by atoms with Crippen LogP contribution in [0.1, 0.15) is 59.8 Å². The van der Waals surface area contributed by atoms with E-state index in [1.807, 2.05) is 20.8 Å². The van der Waals surface area contributed by atoms with Gasteiger partial charge in [0.25, 0.3) is 0 Å². The maximum Gasteiger partial charge on any atom is 0.326 e. The summed E-state index contributed by atoms with van der Waals surface area (Å²) in [6.45, 7) is 7.53. The summed E-state index contributed by atoms with van der Waals surface area (Å²) in [4.78, 5) is 48.5. The molecule has 0 saturated carbocycles. The van der Waals surface area contributed by atoms with Gasteiger partial charge in [0.1, 0.15) is 12.1 Å². The Morgan fingerprint density at radius 1 is 0.933 bits per heavy atom. The molecule has 174 valence electrons. The van der Waals surface area contributed by atoms with Crippen LogP contribution in [-0.4, -0.2) is 60.0 Å². The fourth-order valence-corrected chi connectivity index (χ4v) is 2.74.